The molecule has 2 rings (SSSR count). The average molecular weight is 238 g/mol. The molecule has 0 saturated heterocycles. The summed E-state index contributed by atoms with van der Waals surface area (Å²) in [7, 11) is 0. The lowest BCUT2D eigenvalue weighted by molar-refractivity contribution is 0.0988. The van der Waals surface area contributed by atoms with Crippen LogP contribution in [0.4, 0.5) is 14.5 Å². The molecule has 0 fully saturated rings. The Labute approximate surface area is 95.3 Å². The summed E-state index contributed by atoms with van der Waals surface area (Å²) < 4.78 is 31.0. The van der Waals surface area contributed by atoms with Crippen molar-refractivity contribution < 1.29 is 18.0 Å². The summed E-state index contributed by atoms with van der Waals surface area (Å²) in [5, 5.41) is 2.17. The molecule has 0 unspecified atom stereocenters. The molecule has 0 atom stereocenters. The van der Waals surface area contributed by atoms with Gasteiger partial charge < -0.3 is 9.73 Å². The van der Waals surface area contributed by atoms with E-state index in [1.54, 1.807) is 6.92 Å². The number of carbonyl (C=O) groups excluding carboxylic acids is 1. The highest BCUT2D eigenvalue weighted by atomic mass is 19.1. The van der Waals surface area contributed by atoms with Crippen molar-refractivity contribution in [1.82, 2.24) is 4.98 Å². The minimum Gasteiger partial charge on any atom is -0.438 e. The molecule has 0 aliphatic rings. The molecule has 1 aromatic heterocycles. The zero-order valence-electron chi connectivity index (χ0n) is 8.83. The fraction of sp³-hybridized carbons (Fsp3) is 0.0909. The van der Waals surface area contributed by atoms with Crippen LogP contribution >= 0.6 is 0 Å². The zero-order chi connectivity index (χ0) is 12.4. The summed E-state index contributed by atoms with van der Waals surface area (Å²) in [5.41, 5.74) is -0.258. The van der Waals surface area contributed by atoms with Gasteiger partial charge in [-0.05, 0) is 19.1 Å². The molecule has 6 heteroatoms. The quantitative estimate of drug-likeness (QED) is 0.874. The number of hydrogen-bond donors (Lipinski definition) is 1. The third-order valence-corrected chi connectivity index (χ3v) is 1.99. The van der Waals surface area contributed by atoms with E-state index >= 15 is 0 Å². The second kappa shape index (κ2) is 4.32. The summed E-state index contributed by atoms with van der Waals surface area (Å²) >= 11 is 0. The Morgan fingerprint density at radius 1 is 1.41 bits per heavy atom. The number of nitrogens with zero attached hydrogens (tertiary/aromatic N) is 1. The number of carbonyl (C=O) groups is 1. The molecule has 1 N–H and O–H groups in total. The molecule has 0 spiro atoms. The first-order chi connectivity index (χ1) is 8.06. The predicted octanol–water partition coefficient (Wildman–Crippen LogP) is 2.51. The molecule has 1 aromatic carbocycles. The molecular formula is C11H8F2N2O2. The van der Waals surface area contributed by atoms with Crippen molar-refractivity contribution in [2.75, 3.05) is 5.32 Å². The zero-order valence-corrected chi connectivity index (χ0v) is 8.83. The number of oxazole rings is 1. The van der Waals surface area contributed by atoms with Gasteiger partial charge in [-0.3, -0.25) is 4.79 Å². The molecule has 0 aliphatic heterocycles. The molecule has 1 heterocycles. The molecule has 0 bridgehead atoms. The van der Waals surface area contributed by atoms with E-state index in [0.29, 0.717) is 5.76 Å². The van der Waals surface area contributed by atoms with Crippen molar-refractivity contribution in [2.24, 2.45) is 0 Å². The Kier molecular flexibility index (Phi) is 2.86. The van der Waals surface area contributed by atoms with E-state index in [1.807, 2.05) is 0 Å². The molecule has 0 radical (unpaired) electrons. The number of amides is 1. The Morgan fingerprint density at radius 3 is 2.82 bits per heavy atom. The van der Waals surface area contributed by atoms with Gasteiger partial charge in [0.15, 0.2) is 0 Å². The van der Waals surface area contributed by atoms with E-state index in [9.17, 15) is 13.6 Å². The van der Waals surface area contributed by atoms with E-state index < -0.39 is 17.5 Å². The van der Waals surface area contributed by atoms with Gasteiger partial charge >= 0.3 is 5.91 Å². The normalized spacial score (nSPS) is 10.3. The maximum Gasteiger partial charge on any atom is 0.311 e. The van der Waals surface area contributed by atoms with Crippen LogP contribution in [-0.2, 0) is 0 Å². The molecule has 4 nitrogen and oxygen atoms in total. The summed E-state index contributed by atoms with van der Waals surface area (Å²) in [6, 6.07) is 2.76. The van der Waals surface area contributed by atoms with Gasteiger partial charge in [-0.2, -0.15) is 0 Å². The molecule has 0 saturated carbocycles. The fourth-order valence-electron chi connectivity index (χ4n) is 1.23. The molecule has 88 valence electrons. The maximum absolute atomic E-state index is 13.2. The van der Waals surface area contributed by atoms with Crippen LogP contribution in [0.1, 0.15) is 16.4 Å². The predicted molar refractivity (Wildman–Crippen MR) is 55.6 cm³/mol. The first-order valence-electron chi connectivity index (χ1n) is 4.75. The summed E-state index contributed by atoms with van der Waals surface area (Å²) in [6.07, 6.45) is 1.36. The Morgan fingerprint density at radius 2 is 2.18 bits per heavy atom. The number of aryl methyl sites for hydroxylation is 1. The third-order valence-electron chi connectivity index (χ3n) is 1.99. The average Bonchev–Trinajstić information content (AvgIpc) is 2.70. The molecule has 17 heavy (non-hydrogen) atoms. The van der Waals surface area contributed by atoms with E-state index in [-0.39, 0.29) is 11.6 Å². The first-order valence-corrected chi connectivity index (χ1v) is 4.75. The Hall–Kier alpha value is -2.24. The van der Waals surface area contributed by atoms with Crippen LogP contribution in [-0.4, -0.2) is 10.9 Å². The standard InChI is InChI=1S/C11H8F2N2O2/c1-6-5-14-11(17-6)10(16)15-9-4-7(12)2-3-8(9)13/h2-5H,1H3,(H,15,16). The van der Waals surface area contributed by atoms with Crippen LogP contribution in [0.2, 0.25) is 0 Å². The van der Waals surface area contributed by atoms with Gasteiger partial charge in [-0.15, -0.1) is 0 Å². The highest BCUT2D eigenvalue weighted by Crippen LogP contribution is 2.16. The number of aromatic nitrogens is 1. The molecule has 0 aliphatic carbocycles. The van der Waals surface area contributed by atoms with Crippen LogP contribution in [0.15, 0.2) is 28.8 Å². The Balaban J connectivity index is 2.21. The van der Waals surface area contributed by atoms with Gasteiger partial charge in [0.05, 0.1) is 11.9 Å². The van der Waals surface area contributed by atoms with E-state index in [2.05, 4.69) is 10.3 Å². The van der Waals surface area contributed by atoms with Gasteiger partial charge in [0.25, 0.3) is 5.89 Å². The second-order valence-electron chi connectivity index (χ2n) is 3.35. The lowest BCUT2D eigenvalue weighted by atomic mass is 10.3. The number of rotatable bonds is 2. The third kappa shape index (κ3) is 2.47. The fourth-order valence-corrected chi connectivity index (χ4v) is 1.23. The lowest BCUT2D eigenvalue weighted by Gasteiger charge is -2.03. The van der Waals surface area contributed by atoms with Crippen LogP contribution in [0.25, 0.3) is 0 Å². The maximum atomic E-state index is 13.2. The van der Waals surface area contributed by atoms with Crippen LogP contribution in [0.3, 0.4) is 0 Å². The highest BCUT2D eigenvalue weighted by Gasteiger charge is 2.14. The van der Waals surface area contributed by atoms with Crippen molar-refractivity contribution in [1.29, 1.82) is 0 Å². The molecule has 2 aromatic rings. The van der Waals surface area contributed by atoms with E-state index in [4.69, 9.17) is 4.42 Å². The van der Waals surface area contributed by atoms with Crippen molar-refractivity contribution in [3.05, 3.63) is 47.7 Å². The minimum absolute atomic E-state index is 0.203. The highest BCUT2D eigenvalue weighted by molar-refractivity contribution is 6.00. The lowest BCUT2D eigenvalue weighted by Crippen LogP contribution is -2.13. The minimum atomic E-state index is -0.734. The van der Waals surface area contributed by atoms with Crippen LogP contribution in [0.5, 0.6) is 0 Å². The molecule has 1 amide bonds. The SMILES string of the molecule is Cc1cnc(C(=O)Nc2cc(F)ccc2F)o1. The van der Waals surface area contributed by atoms with Gasteiger partial charge in [0.2, 0.25) is 0 Å². The molecular weight excluding hydrogens is 230 g/mol. The summed E-state index contributed by atoms with van der Waals surface area (Å²) in [5.74, 6) is -1.86. The number of halogens is 2. The van der Waals surface area contributed by atoms with Crippen molar-refractivity contribution >= 4 is 11.6 Å². The number of benzene rings is 1. The van der Waals surface area contributed by atoms with E-state index in [1.165, 1.54) is 6.20 Å². The van der Waals surface area contributed by atoms with E-state index in [0.717, 1.165) is 18.2 Å². The first kappa shape index (κ1) is 11.3. The van der Waals surface area contributed by atoms with Gasteiger partial charge in [0.1, 0.15) is 17.4 Å². The van der Waals surface area contributed by atoms with Crippen LogP contribution in [0, 0.1) is 18.6 Å². The number of hydrogen-bond acceptors (Lipinski definition) is 3. The van der Waals surface area contributed by atoms with Crippen LogP contribution < -0.4 is 5.32 Å². The van der Waals surface area contributed by atoms with Gasteiger partial charge in [0, 0.05) is 6.07 Å². The van der Waals surface area contributed by atoms with Crippen molar-refractivity contribution in [3.63, 3.8) is 0 Å². The van der Waals surface area contributed by atoms with Crippen molar-refractivity contribution in [2.45, 2.75) is 6.92 Å². The topological polar surface area (TPSA) is 55.1 Å². The largest absolute Gasteiger partial charge is 0.438 e. The summed E-state index contributed by atoms with van der Waals surface area (Å²) in [4.78, 5) is 15.2. The number of anilines is 1. The second-order valence-corrected chi connectivity index (χ2v) is 3.35. The van der Waals surface area contributed by atoms with Gasteiger partial charge in [-0.1, -0.05) is 0 Å². The number of nitrogens with one attached hydrogen (secondary N) is 1. The smallest absolute Gasteiger partial charge is 0.311 e. The Bertz CT molecular complexity index is 566. The van der Waals surface area contributed by atoms with Crippen molar-refractivity contribution in [3.8, 4) is 0 Å². The monoisotopic (exact) mass is 238 g/mol. The summed E-state index contributed by atoms with van der Waals surface area (Å²) in [6.45, 7) is 1.62. The van der Waals surface area contributed by atoms with Gasteiger partial charge in [-0.25, -0.2) is 13.8 Å².